The predicted octanol–water partition coefficient (Wildman–Crippen LogP) is 17.1. The molecule has 5 heterocycles. The van der Waals surface area contributed by atoms with E-state index in [9.17, 15) is 19.2 Å². The summed E-state index contributed by atoms with van der Waals surface area (Å²) in [6.07, 6.45) is 11.1. The molecule has 7 aromatic rings. The number of hydrogen-bond donors (Lipinski definition) is 4. The van der Waals surface area contributed by atoms with Crippen LogP contribution >= 0.6 is 0 Å². The van der Waals surface area contributed by atoms with Gasteiger partial charge in [-0.15, -0.1) is 22.1 Å². The second-order valence-corrected chi connectivity index (χ2v) is 30.4. The molecule has 4 atom stereocenters. The fourth-order valence-electron chi connectivity index (χ4n) is 13.1. The van der Waals surface area contributed by atoms with Gasteiger partial charge in [0.05, 0.1) is 45.5 Å². The third-order valence-electron chi connectivity index (χ3n) is 19.7. The van der Waals surface area contributed by atoms with Gasteiger partial charge in [0.2, 0.25) is 23.6 Å². The molecule has 6 aliphatic rings. The Balaban J connectivity index is 0.00000769. The van der Waals surface area contributed by atoms with Gasteiger partial charge in [-0.1, -0.05) is 182 Å². The largest absolute Gasteiger partial charge is 2.00 e. The summed E-state index contributed by atoms with van der Waals surface area (Å²) >= 11 is 0. The van der Waals surface area contributed by atoms with Crippen molar-refractivity contribution in [3.63, 3.8) is 0 Å². The molecule has 4 aliphatic carbocycles. The minimum atomic E-state index is -0.187. The third-order valence-corrected chi connectivity index (χ3v) is 19.7. The van der Waals surface area contributed by atoms with Gasteiger partial charge >= 0.3 is 16.8 Å². The number of carbonyl (C=O) groups excluding carboxylic acids is 4. The Morgan fingerprint density at radius 3 is 0.843 bits per heavy atom. The maximum atomic E-state index is 14.4. The monoisotopic (exact) mass is 1230 g/mol. The maximum Gasteiger partial charge on any atom is 2.00 e. The van der Waals surface area contributed by atoms with Gasteiger partial charge in [-0.3, -0.25) is 19.2 Å². The number of hydrogen-bond acceptors (Lipinski definition) is 6. The summed E-state index contributed by atoms with van der Waals surface area (Å²) in [5.41, 5.74) is 14.1. The first-order chi connectivity index (χ1) is 41.5. The Morgan fingerprint density at radius 2 is 0.607 bits per heavy atom. The number of benzene rings is 4. The molecule has 4 fully saturated rings. The Bertz CT molecular complexity index is 3960. The first-order valence-electron chi connectivity index (χ1n) is 31.2. The van der Waals surface area contributed by atoms with E-state index < -0.39 is 0 Å². The minimum absolute atomic E-state index is 0. The van der Waals surface area contributed by atoms with Crippen molar-refractivity contribution in [2.24, 2.45) is 45.3 Å². The Labute approximate surface area is 533 Å². The average Bonchev–Trinajstić information content (AvgIpc) is 1.70. The van der Waals surface area contributed by atoms with Crippen LogP contribution in [0.5, 0.6) is 0 Å². The Kier molecular flexibility index (Phi) is 14.8. The Hall–Kier alpha value is -8.13. The van der Waals surface area contributed by atoms with Crippen molar-refractivity contribution in [3.8, 4) is 44.5 Å². The summed E-state index contributed by atoms with van der Waals surface area (Å²) in [7, 11) is 0. The molecule has 4 N–H and O–H groups in total. The number of rotatable bonds is 12. The van der Waals surface area contributed by atoms with Gasteiger partial charge < -0.3 is 31.2 Å². The van der Waals surface area contributed by atoms with Crippen LogP contribution in [0.4, 0.5) is 22.7 Å². The zero-order chi connectivity index (χ0) is 62.4. The van der Waals surface area contributed by atoms with Gasteiger partial charge in [-0.05, 0) is 151 Å². The molecule has 2 aliphatic heterocycles. The van der Waals surface area contributed by atoms with Crippen LogP contribution in [-0.4, -0.2) is 33.6 Å². The van der Waals surface area contributed by atoms with E-state index in [2.05, 4.69) is 167 Å². The predicted molar refractivity (Wildman–Crippen MR) is 358 cm³/mol. The van der Waals surface area contributed by atoms with E-state index in [4.69, 9.17) is 19.9 Å². The number of amides is 4. The van der Waals surface area contributed by atoms with Crippen LogP contribution in [0, 0.1) is 45.3 Å². The van der Waals surface area contributed by atoms with Crippen molar-refractivity contribution < 1.29 is 36.0 Å². The summed E-state index contributed by atoms with van der Waals surface area (Å²) in [5, 5.41) is 13.4. The summed E-state index contributed by atoms with van der Waals surface area (Å²) in [5.74, 6) is -1.10. The van der Waals surface area contributed by atoms with Gasteiger partial charge in [-0.25, -0.2) is 9.97 Å². The van der Waals surface area contributed by atoms with Crippen molar-refractivity contribution in [3.05, 3.63) is 143 Å². The molecule has 4 amide bonds. The van der Waals surface area contributed by atoms with Crippen LogP contribution in [0.1, 0.15) is 157 Å². The van der Waals surface area contributed by atoms with Crippen LogP contribution < -0.4 is 31.2 Å². The molecule has 457 valence electrons. The first-order valence-corrected chi connectivity index (χ1v) is 31.2. The van der Waals surface area contributed by atoms with E-state index in [-0.39, 0.29) is 96.6 Å². The summed E-state index contributed by atoms with van der Waals surface area (Å²) in [6.45, 7) is 30.1. The minimum Gasteiger partial charge on any atom is -0.657 e. The molecule has 0 saturated heterocycles. The fraction of sp³-hybridized carbons (Fsp3) is 0.368. The number of aromatic nitrogens is 4. The molecule has 0 unspecified atom stereocenters. The van der Waals surface area contributed by atoms with Crippen molar-refractivity contribution in [1.82, 2.24) is 19.9 Å². The first kappa shape index (κ1) is 61.1. The molecule has 13 rings (SSSR count). The van der Waals surface area contributed by atoms with Crippen LogP contribution in [0.25, 0.3) is 90.9 Å². The number of nitrogens with one attached hydrogen (secondary N) is 4. The Morgan fingerprint density at radius 1 is 0.371 bits per heavy atom. The van der Waals surface area contributed by atoms with E-state index in [1.54, 1.807) is 0 Å². The van der Waals surface area contributed by atoms with E-state index in [1.165, 1.54) is 0 Å². The quantitative estimate of drug-likeness (QED) is 0.0936. The van der Waals surface area contributed by atoms with Gasteiger partial charge in [0.1, 0.15) is 0 Å². The summed E-state index contributed by atoms with van der Waals surface area (Å²) < 4.78 is 0. The molecule has 4 aromatic carbocycles. The molecule has 0 spiro atoms. The van der Waals surface area contributed by atoms with Gasteiger partial charge in [0.25, 0.3) is 0 Å². The average molecular weight is 1230 g/mol. The molecular weight excluding hydrogens is 1150 g/mol. The summed E-state index contributed by atoms with van der Waals surface area (Å²) in [4.78, 5) is 80.1. The van der Waals surface area contributed by atoms with Crippen LogP contribution in [-0.2, 0) is 46.8 Å². The molecule has 1 radical (unpaired) electrons. The standard InChI is InChI=1S/C76H82N8O4.Co/c1-71(2,3)43-25-21-41(22-26-43)61-53-29-33-57(77-53)65(63-49(81-67(85)45-37-73(45,7)8)17-15-18-50(63)82-68(86)46-38-74(46,9)10)59-35-31-55(79-59)62(42-23-27-44(28-24-42)72(4,5)6)56-32-36-60(80-56)66(58-34-30-54(61)78-58)64-51(83-69(87)47-39-75(47,11)12)19-16-20-52(64)84-70(88)48-40-76(48,13)14;/h15-36,45-48H,37-40H2,1-14H3,(H6,77,78,79,80,81,82,83,84,85,86,87,88);/q;+2/p-2/t45-,46+,47-,48+;. The normalized spacial score (nSPS) is 20.2. The molecule has 12 nitrogen and oxygen atoms in total. The zero-order valence-electron chi connectivity index (χ0n) is 53.6. The number of fused-ring (bicyclic) bond motifs is 8. The fourth-order valence-corrected chi connectivity index (χ4v) is 13.1. The van der Waals surface area contributed by atoms with Crippen LogP contribution in [0.2, 0.25) is 0 Å². The molecule has 13 heteroatoms. The van der Waals surface area contributed by atoms with E-state index in [0.717, 1.165) is 59.1 Å². The van der Waals surface area contributed by atoms with Crippen LogP contribution in [0.3, 0.4) is 0 Å². The smallest absolute Gasteiger partial charge is 0.657 e. The van der Waals surface area contributed by atoms with E-state index in [0.29, 0.717) is 89.8 Å². The van der Waals surface area contributed by atoms with Crippen molar-refractivity contribution >= 4 is 92.7 Å². The molecule has 3 aromatic heterocycles. The zero-order valence-corrected chi connectivity index (χ0v) is 54.6. The molecule has 8 bridgehead atoms. The second kappa shape index (κ2) is 21.5. The number of anilines is 4. The van der Waals surface area contributed by atoms with Gasteiger partial charge in [0.15, 0.2) is 0 Å². The number of nitrogens with zero attached hydrogens (tertiary/aromatic N) is 4. The molecule has 4 saturated carbocycles. The maximum absolute atomic E-state index is 14.4. The summed E-state index contributed by atoms with van der Waals surface area (Å²) in [6, 6.07) is 36.5. The van der Waals surface area contributed by atoms with Gasteiger partial charge in [-0.2, -0.15) is 0 Å². The molecule has 89 heavy (non-hydrogen) atoms. The van der Waals surface area contributed by atoms with Crippen LogP contribution in [0.15, 0.2) is 109 Å². The third kappa shape index (κ3) is 11.7. The van der Waals surface area contributed by atoms with E-state index >= 15 is 0 Å². The number of carbonyl (C=O) groups is 4. The van der Waals surface area contributed by atoms with Crippen molar-refractivity contribution in [2.45, 2.75) is 133 Å². The SMILES string of the molecule is CC(C)(C)c1ccc(-c2c3nc(c(-c4c(NC(=O)[C@H]5CC5(C)C)cccc4NC(=O)[C@@H]4CC4(C)C)c4ccc([n-]4)c(-c4ccc(C(C)(C)C)cc4)c4nc(c(-c5c(NC(=O)[C@H]6CC6(C)C)cccc5NC(=O)[C@@H]5CC5(C)C)c5ccc2[n-]5)C=C4)C=C3)cc1.[Co+2]. The molecular formula is C76H80CoN8O4. The van der Waals surface area contributed by atoms with Gasteiger partial charge in [0, 0.05) is 34.8 Å². The topological polar surface area (TPSA) is 170 Å². The van der Waals surface area contributed by atoms with Crippen molar-refractivity contribution in [2.75, 3.05) is 21.3 Å². The van der Waals surface area contributed by atoms with Crippen molar-refractivity contribution in [1.29, 1.82) is 0 Å². The van der Waals surface area contributed by atoms with E-state index in [1.807, 2.05) is 85.0 Å². The second-order valence-electron chi connectivity index (χ2n) is 30.4.